The fourth-order valence-corrected chi connectivity index (χ4v) is 3.31. The summed E-state index contributed by atoms with van der Waals surface area (Å²) < 4.78 is 5.36. The first-order valence-corrected chi connectivity index (χ1v) is 9.83. The molecule has 1 rings (SSSR count). The third-order valence-corrected chi connectivity index (χ3v) is 4.98. The maximum atomic E-state index is 12.0. The van der Waals surface area contributed by atoms with Crippen molar-refractivity contribution in [3.8, 4) is 0 Å². The Morgan fingerprint density at radius 1 is 0.800 bits per heavy atom. The number of ketones is 1. The summed E-state index contributed by atoms with van der Waals surface area (Å²) in [5, 5.41) is 38.5. The molecule has 148 valence electrons. The van der Waals surface area contributed by atoms with E-state index in [0.717, 1.165) is 19.3 Å². The van der Waals surface area contributed by atoms with E-state index in [1.54, 1.807) is 0 Å². The summed E-state index contributed by atoms with van der Waals surface area (Å²) in [4.78, 5) is 12.0. The van der Waals surface area contributed by atoms with E-state index in [0.29, 0.717) is 6.42 Å². The Labute approximate surface area is 151 Å². The second-order valence-corrected chi connectivity index (χ2v) is 7.19. The second kappa shape index (κ2) is 12.8. The Morgan fingerprint density at radius 3 is 1.88 bits per heavy atom. The number of Topliss-reactive ketones (excluding diaryl/α,β-unsaturated/α-hetero) is 1. The van der Waals surface area contributed by atoms with Crippen LogP contribution in [0.1, 0.15) is 77.6 Å². The highest BCUT2D eigenvalue weighted by atomic mass is 16.5. The quantitative estimate of drug-likeness (QED) is 0.373. The lowest BCUT2D eigenvalue weighted by Crippen LogP contribution is -2.58. The summed E-state index contributed by atoms with van der Waals surface area (Å²) in [5.41, 5.74) is 0. The Hall–Kier alpha value is -0.530. The molecular formula is C19H36O6. The molecule has 1 aliphatic heterocycles. The molecule has 1 unspecified atom stereocenters. The largest absolute Gasteiger partial charge is 0.394 e. The van der Waals surface area contributed by atoms with Crippen molar-refractivity contribution in [2.24, 2.45) is 0 Å². The number of aliphatic hydroxyl groups is 4. The van der Waals surface area contributed by atoms with E-state index >= 15 is 0 Å². The fraction of sp³-hybridized carbons (Fsp3) is 0.947. The van der Waals surface area contributed by atoms with E-state index in [1.165, 1.54) is 38.5 Å². The van der Waals surface area contributed by atoms with Crippen LogP contribution in [0.15, 0.2) is 0 Å². The molecule has 5 atom stereocenters. The van der Waals surface area contributed by atoms with Crippen molar-refractivity contribution in [2.45, 2.75) is 108 Å². The van der Waals surface area contributed by atoms with Gasteiger partial charge >= 0.3 is 0 Å². The van der Waals surface area contributed by atoms with Crippen LogP contribution in [-0.4, -0.2) is 63.3 Å². The minimum Gasteiger partial charge on any atom is -0.394 e. The minimum atomic E-state index is -1.41. The first-order valence-electron chi connectivity index (χ1n) is 9.83. The molecule has 0 bridgehead atoms. The van der Waals surface area contributed by atoms with Gasteiger partial charge in [0.2, 0.25) is 0 Å². The van der Waals surface area contributed by atoms with Gasteiger partial charge in [0.05, 0.1) is 12.7 Å². The maximum absolute atomic E-state index is 12.0. The summed E-state index contributed by atoms with van der Waals surface area (Å²) in [6, 6.07) is 0. The molecule has 0 amide bonds. The molecular weight excluding hydrogens is 324 g/mol. The SMILES string of the molecule is CCCCCCCCCCCC(=O)CC1O[C@H](CO)[C@@H](O)[C@H](O)[C@H]1O. The lowest BCUT2D eigenvalue weighted by Gasteiger charge is -2.39. The summed E-state index contributed by atoms with van der Waals surface area (Å²) >= 11 is 0. The lowest BCUT2D eigenvalue weighted by atomic mass is 9.92. The molecule has 0 aliphatic carbocycles. The van der Waals surface area contributed by atoms with Gasteiger partial charge in [0.15, 0.2) is 0 Å². The third kappa shape index (κ3) is 8.13. The van der Waals surface area contributed by atoms with Crippen LogP contribution in [0.2, 0.25) is 0 Å². The summed E-state index contributed by atoms with van der Waals surface area (Å²) in [7, 11) is 0. The minimum absolute atomic E-state index is 0.00152. The number of unbranched alkanes of at least 4 members (excludes halogenated alkanes) is 8. The zero-order valence-electron chi connectivity index (χ0n) is 15.5. The van der Waals surface area contributed by atoms with Crippen LogP contribution < -0.4 is 0 Å². The van der Waals surface area contributed by atoms with Gasteiger partial charge in [-0.05, 0) is 6.42 Å². The van der Waals surface area contributed by atoms with Gasteiger partial charge in [-0.2, -0.15) is 0 Å². The first-order chi connectivity index (χ1) is 12.0. The van der Waals surface area contributed by atoms with Gasteiger partial charge in [-0.15, -0.1) is 0 Å². The molecule has 0 aromatic heterocycles. The molecule has 0 aromatic rings. The third-order valence-electron chi connectivity index (χ3n) is 4.98. The van der Waals surface area contributed by atoms with Crippen LogP contribution in [0.5, 0.6) is 0 Å². The molecule has 0 spiro atoms. The average molecular weight is 360 g/mol. The normalized spacial score (nSPS) is 29.7. The van der Waals surface area contributed by atoms with Crippen molar-refractivity contribution >= 4 is 5.78 Å². The van der Waals surface area contributed by atoms with E-state index in [2.05, 4.69) is 6.92 Å². The Balaban J connectivity index is 2.15. The highest BCUT2D eigenvalue weighted by Gasteiger charge is 2.43. The molecule has 0 radical (unpaired) electrons. The molecule has 6 heteroatoms. The van der Waals surface area contributed by atoms with Crippen LogP contribution in [0.3, 0.4) is 0 Å². The van der Waals surface area contributed by atoms with E-state index in [-0.39, 0.29) is 12.2 Å². The fourth-order valence-electron chi connectivity index (χ4n) is 3.31. The van der Waals surface area contributed by atoms with Gasteiger partial charge in [0.1, 0.15) is 30.2 Å². The van der Waals surface area contributed by atoms with Crippen molar-refractivity contribution in [3.63, 3.8) is 0 Å². The van der Waals surface area contributed by atoms with Crippen LogP contribution in [0.4, 0.5) is 0 Å². The van der Waals surface area contributed by atoms with Gasteiger partial charge in [-0.25, -0.2) is 0 Å². The Bertz CT molecular complexity index is 360. The van der Waals surface area contributed by atoms with Crippen LogP contribution in [-0.2, 0) is 9.53 Å². The van der Waals surface area contributed by atoms with Gasteiger partial charge < -0.3 is 25.2 Å². The summed E-state index contributed by atoms with van der Waals surface area (Å²) in [6.07, 6.45) is 5.17. The van der Waals surface area contributed by atoms with Crippen LogP contribution in [0, 0.1) is 0 Å². The molecule has 1 heterocycles. The van der Waals surface area contributed by atoms with Crippen molar-refractivity contribution in [3.05, 3.63) is 0 Å². The monoisotopic (exact) mass is 360 g/mol. The van der Waals surface area contributed by atoms with E-state index < -0.39 is 37.1 Å². The van der Waals surface area contributed by atoms with Crippen molar-refractivity contribution in [1.82, 2.24) is 0 Å². The zero-order chi connectivity index (χ0) is 18.7. The standard InChI is InChI=1S/C19H36O6/c1-2-3-4-5-6-7-8-9-10-11-14(21)12-15-17(22)19(24)18(23)16(13-20)25-15/h15-20,22-24H,2-13H2,1H3/t15?,16-,17+,18-,19-/m1/s1. The number of aliphatic hydroxyl groups excluding tert-OH is 4. The predicted octanol–water partition coefficient (Wildman–Crippen LogP) is 1.71. The number of hydrogen-bond donors (Lipinski definition) is 4. The van der Waals surface area contributed by atoms with E-state index in [9.17, 15) is 20.1 Å². The Kier molecular flexibility index (Phi) is 11.5. The van der Waals surface area contributed by atoms with Crippen LogP contribution >= 0.6 is 0 Å². The highest BCUT2D eigenvalue weighted by molar-refractivity contribution is 5.78. The topological polar surface area (TPSA) is 107 Å². The average Bonchev–Trinajstić information content (AvgIpc) is 2.60. The molecule has 0 saturated carbocycles. The number of rotatable bonds is 13. The predicted molar refractivity (Wildman–Crippen MR) is 95.2 cm³/mol. The molecule has 4 N–H and O–H groups in total. The molecule has 0 aromatic carbocycles. The number of hydrogen-bond acceptors (Lipinski definition) is 6. The first kappa shape index (κ1) is 22.5. The highest BCUT2D eigenvalue weighted by Crippen LogP contribution is 2.24. The van der Waals surface area contributed by atoms with Crippen LogP contribution in [0.25, 0.3) is 0 Å². The summed E-state index contributed by atoms with van der Waals surface area (Å²) in [5.74, 6) is -0.0210. The molecule has 1 fully saturated rings. The lowest BCUT2D eigenvalue weighted by molar-refractivity contribution is -0.229. The van der Waals surface area contributed by atoms with Crippen molar-refractivity contribution < 1.29 is 30.0 Å². The summed E-state index contributed by atoms with van der Waals surface area (Å²) in [6.45, 7) is 1.75. The van der Waals surface area contributed by atoms with E-state index in [4.69, 9.17) is 9.84 Å². The number of carbonyl (C=O) groups excluding carboxylic acids is 1. The van der Waals surface area contributed by atoms with Gasteiger partial charge in [-0.3, -0.25) is 4.79 Å². The van der Waals surface area contributed by atoms with Gasteiger partial charge in [-0.1, -0.05) is 58.3 Å². The van der Waals surface area contributed by atoms with Crippen molar-refractivity contribution in [1.29, 1.82) is 0 Å². The maximum Gasteiger partial charge on any atom is 0.135 e. The van der Waals surface area contributed by atoms with Gasteiger partial charge in [0.25, 0.3) is 0 Å². The molecule has 25 heavy (non-hydrogen) atoms. The molecule has 1 aliphatic rings. The number of carbonyl (C=O) groups is 1. The Morgan fingerprint density at radius 2 is 1.32 bits per heavy atom. The molecule has 6 nitrogen and oxygen atoms in total. The second-order valence-electron chi connectivity index (χ2n) is 7.19. The van der Waals surface area contributed by atoms with Gasteiger partial charge in [0, 0.05) is 12.8 Å². The zero-order valence-corrected chi connectivity index (χ0v) is 15.5. The van der Waals surface area contributed by atoms with E-state index in [1.807, 2.05) is 0 Å². The number of ether oxygens (including phenoxy) is 1. The molecule has 1 saturated heterocycles. The smallest absolute Gasteiger partial charge is 0.135 e. The van der Waals surface area contributed by atoms with Crippen molar-refractivity contribution in [2.75, 3.05) is 6.61 Å².